The summed E-state index contributed by atoms with van der Waals surface area (Å²) in [7, 11) is 0. The molecule has 1 saturated heterocycles. The van der Waals surface area contributed by atoms with E-state index in [1.54, 1.807) is 0 Å². The molecular weight excluding hydrogens is 752 g/mol. The molecule has 2 aliphatic rings. The summed E-state index contributed by atoms with van der Waals surface area (Å²) in [6.07, 6.45) is -10.7. The van der Waals surface area contributed by atoms with E-state index in [0.29, 0.717) is 17.7 Å². The summed E-state index contributed by atoms with van der Waals surface area (Å²) in [5.41, 5.74) is -4.26. The number of carbonyl (C=O) groups excluding carboxylic acids is 4. The van der Waals surface area contributed by atoms with Gasteiger partial charge in [0.15, 0.2) is 46.4 Å². The first-order chi connectivity index (χ1) is 26.4. The topological polar surface area (TPSA) is 348 Å². The minimum Gasteiger partial charge on any atom is -0.507 e. The van der Waals surface area contributed by atoms with Crippen LogP contribution in [0.25, 0.3) is 11.1 Å². The van der Waals surface area contributed by atoms with Crippen LogP contribution in [0.3, 0.4) is 0 Å². The van der Waals surface area contributed by atoms with Gasteiger partial charge in [0.25, 0.3) is 0 Å². The van der Waals surface area contributed by atoms with Crippen LogP contribution in [0.2, 0.25) is 0 Å². The lowest BCUT2D eigenvalue weighted by Gasteiger charge is -2.41. The molecule has 0 aliphatic carbocycles. The Kier molecular flexibility index (Phi) is 10.0. The Morgan fingerprint density at radius 3 is 1.80 bits per heavy atom. The van der Waals surface area contributed by atoms with Crippen LogP contribution in [-0.4, -0.2) is 122 Å². The third-order valence-electron chi connectivity index (χ3n) is 8.98. The number of hydrogen-bond donors (Lipinski definition) is 12. The second-order valence-electron chi connectivity index (χ2n) is 12.6. The van der Waals surface area contributed by atoms with Gasteiger partial charge in [-0.2, -0.15) is 0 Å². The molecule has 0 aromatic heterocycles. The van der Waals surface area contributed by atoms with Gasteiger partial charge in [-0.3, -0.25) is 4.79 Å². The van der Waals surface area contributed by atoms with Crippen LogP contribution in [0.4, 0.5) is 0 Å². The zero-order valence-electron chi connectivity index (χ0n) is 28.2. The van der Waals surface area contributed by atoms with E-state index in [4.69, 9.17) is 18.9 Å². The predicted molar refractivity (Wildman–Crippen MR) is 180 cm³/mol. The molecule has 6 rings (SSSR count). The second kappa shape index (κ2) is 14.6. The van der Waals surface area contributed by atoms with E-state index in [1.165, 1.54) is 18.2 Å². The van der Waals surface area contributed by atoms with E-state index in [1.807, 2.05) is 0 Å². The number of phenolic OH excluding ortho intramolecular Hbond substituents is 10. The number of ether oxygens (including phenoxy) is 4. The van der Waals surface area contributed by atoms with Crippen LogP contribution in [0.5, 0.6) is 57.5 Å². The Morgan fingerprint density at radius 2 is 1.23 bits per heavy atom. The molecular formula is C36H30O20. The van der Waals surface area contributed by atoms with E-state index in [0.717, 1.165) is 12.1 Å². The van der Waals surface area contributed by atoms with Crippen molar-refractivity contribution in [3.8, 4) is 68.6 Å². The number of phenols is 10. The molecule has 12 N–H and O–H groups in total. The van der Waals surface area contributed by atoms with Gasteiger partial charge in [-0.25, -0.2) is 14.4 Å². The molecule has 20 heteroatoms. The molecule has 2 heterocycles. The van der Waals surface area contributed by atoms with E-state index in [2.05, 4.69) is 0 Å². The van der Waals surface area contributed by atoms with Gasteiger partial charge in [-0.15, -0.1) is 0 Å². The maximum atomic E-state index is 13.6. The highest BCUT2D eigenvalue weighted by Gasteiger charge is 2.50. The summed E-state index contributed by atoms with van der Waals surface area (Å²) in [6, 6.07) is 6.43. The van der Waals surface area contributed by atoms with Gasteiger partial charge in [0.05, 0.1) is 16.7 Å². The number of benzene rings is 4. The largest absolute Gasteiger partial charge is 0.507 e. The van der Waals surface area contributed by atoms with Crippen molar-refractivity contribution in [2.24, 2.45) is 0 Å². The second-order valence-corrected chi connectivity index (χ2v) is 12.6. The van der Waals surface area contributed by atoms with Gasteiger partial charge < -0.3 is 80.2 Å². The average molecular weight is 783 g/mol. The van der Waals surface area contributed by atoms with Crippen molar-refractivity contribution in [1.29, 1.82) is 0 Å². The maximum Gasteiger partial charge on any atom is 0.340 e. The van der Waals surface area contributed by atoms with Crippen LogP contribution >= 0.6 is 0 Å². The van der Waals surface area contributed by atoms with Crippen LogP contribution in [0.1, 0.15) is 53.4 Å². The normalized spacial score (nSPS) is 20.6. The molecule has 2 aliphatic heterocycles. The minimum absolute atomic E-state index is 0.0173. The van der Waals surface area contributed by atoms with E-state index >= 15 is 0 Å². The number of carbonyl (C=O) groups is 4. The average Bonchev–Trinajstić information content (AvgIpc) is 3.16. The smallest absolute Gasteiger partial charge is 0.340 e. The van der Waals surface area contributed by atoms with Gasteiger partial charge in [0.2, 0.25) is 17.8 Å². The number of esters is 3. The number of aromatic hydroxyl groups is 10. The van der Waals surface area contributed by atoms with Crippen molar-refractivity contribution in [2.75, 3.05) is 6.61 Å². The molecule has 0 saturated carbocycles. The Bertz CT molecular complexity index is 2280. The van der Waals surface area contributed by atoms with Gasteiger partial charge in [0, 0.05) is 17.5 Å². The molecule has 5 atom stereocenters. The Hall–Kier alpha value is -7.16. The van der Waals surface area contributed by atoms with Crippen molar-refractivity contribution in [3.63, 3.8) is 0 Å². The van der Waals surface area contributed by atoms with Crippen molar-refractivity contribution >= 4 is 23.7 Å². The molecule has 20 nitrogen and oxygen atoms in total. The fourth-order valence-corrected chi connectivity index (χ4v) is 6.12. The summed E-state index contributed by atoms with van der Waals surface area (Å²) in [5, 5.41) is 125. The molecule has 0 bridgehead atoms. The quantitative estimate of drug-likeness (QED) is 0.0566. The first kappa shape index (κ1) is 38.6. The molecule has 56 heavy (non-hydrogen) atoms. The third kappa shape index (κ3) is 6.85. The number of rotatable bonds is 6. The van der Waals surface area contributed by atoms with Crippen molar-refractivity contribution in [3.05, 3.63) is 70.3 Å². The molecule has 4 aromatic carbocycles. The summed E-state index contributed by atoms with van der Waals surface area (Å²) < 4.78 is 21.3. The van der Waals surface area contributed by atoms with Crippen molar-refractivity contribution in [1.82, 2.24) is 0 Å². The predicted octanol–water partition coefficient (Wildman–Crippen LogP) is 1.22. The number of aryl methyl sites for hydroxylation is 1. The monoisotopic (exact) mass is 782 g/mol. The number of aliphatic hydroxyl groups excluding tert-OH is 2. The number of cyclic esters (lactones) is 1. The summed E-state index contributed by atoms with van der Waals surface area (Å²) in [6.45, 7) is -0.989. The number of aliphatic hydroxyl groups is 2. The number of Topliss-reactive ketones (excluding diaryl/α,β-unsaturated/α-hetero) is 1. The first-order valence-corrected chi connectivity index (χ1v) is 16.2. The highest BCUT2D eigenvalue weighted by molar-refractivity contribution is 6.08. The number of fused-ring (bicyclic) bond motifs is 4. The summed E-state index contributed by atoms with van der Waals surface area (Å²) >= 11 is 0. The Morgan fingerprint density at radius 1 is 0.661 bits per heavy atom. The Labute approximate surface area is 312 Å². The third-order valence-corrected chi connectivity index (χ3v) is 8.98. The molecule has 0 amide bonds. The fourth-order valence-electron chi connectivity index (χ4n) is 6.12. The van der Waals surface area contributed by atoms with Crippen LogP contribution in [0, 0.1) is 0 Å². The first-order valence-electron chi connectivity index (χ1n) is 16.2. The molecule has 294 valence electrons. The number of hydrogen-bond acceptors (Lipinski definition) is 20. The maximum absolute atomic E-state index is 13.6. The lowest BCUT2D eigenvalue weighted by Crippen LogP contribution is -2.61. The van der Waals surface area contributed by atoms with Gasteiger partial charge in [-0.05, 0) is 48.4 Å². The summed E-state index contributed by atoms with van der Waals surface area (Å²) in [4.78, 5) is 52.9. The number of ketones is 1. The lowest BCUT2D eigenvalue weighted by atomic mass is 9.92. The minimum atomic E-state index is -2.24. The van der Waals surface area contributed by atoms with Crippen molar-refractivity contribution in [2.45, 2.75) is 43.5 Å². The molecule has 0 unspecified atom stereocenters. The van der Waals surface area contributed by atoms with Crippen molar-refractivity contribution < 1.29 is 99.4 Å². The van der Waals surface area contributed by atoms with Gasteiger partial charge in [0.1, 0.15) is 42.0 Å². The van der Waals surface area contributed by atoms with Crippen LogP contribution in [-0.2, 0) is 25.4 Å². The zero-order chi connectivity index (χ0) is 40.9. The molecule has 0 spiro atoms. The van der Waals surface area contributed by atoms with Crippen LogP contribution < -0.4 is 0 Å². The molecule has 4 aromatic rings. The summed E-state index contributed by atoms with van der Waals surface area (Å²) in [5.74, 6) is -15.0. The van der Waals surface area contributed by atoms with Gasteiger partial charge in [-0.1, -0.05) is 6.07 Å². The Balaban J connectivity index is 1.26. The standard InChI is InChI=1S/C36H30O20/c37-15-3-1-11(5-17(15)39)2-4-16(38)25-18(40)6-12(7-19(25)41)33(50)56-36-31(49)30(48)32-22(54-36)10-53-34(51)13-8-20(42)26(44)28(46)23(13)24-14(35(52)55-32)9-21(43)27(45)29(24)47/h1,3,5-9,22,30-32,36-37,39-49H,2,4,10H2/t22-,30-,31-,32-,36+/m1/s1. The molecule has 1 fully saturated rings. The fraction of sp³-hybridized carbons (Fsp3) is 0.222. The molecule has 0 radical (unpaired) electrons. The van der Waals surface area contributed by atoms with E-state index in [9.17, 15) is 80.5 Å². The highest BCUT2D eigenvalue weighted by atomic mass is 16.7. The van der Waals surface area contributed by atoms with E-state index < -0.39 is 146 Å². The van der Waals surface area contributed by atoms with Gasteiger partial charge >= 0.3 is 17.9 Å². The zero-order valence-corrected chi connectivity index (χ0v) is 28.2. The highest BCUT2D eigenvalue weighted by Crippen LogP contribution is 2.53. The van der Waals surface area contributed by atoms with E-state index in [-0.39, 0.29) is 18.6 Å². The lowest BCUT2D eigenvalue weighted by molar-refractivity contribution is -0.284. The SMILES string of the molecule is O=C(O[C@@H]1O[C@@H]2COC(=O)c3cc(O)c(O)c(O)c3-c3c(cc(O)c(O)c3O)C(=O)O[C@H]2[C@H](O)[C@H]1O)c1cc(O)c(C(=O)CCc2ccc(O)c(O)c2)c(O)c1. The van der Waals surface area contributed by atoms with Crippen LogP contribution in [0.15, 0.2) is 42.5 Å².